The first-order chi connectivity index (χ1) is 12.7. The van der Waals surface area contributed by atoms with E-state index in [-0.39, 0.29) is 10.5 Å². The largest absolute Gasteiger partial charge is 0.308 e. The van der Waals surface area contributed by atoms with E-state index in [9.17, 15) is 13.2 Å². The van der Waals surface area contributed by atoms with E-state index in [1.807, 2.05) is 19.0 Å². The molecule has 0 spiro atoms. The Morgan fingerprint density at radius 1 is 1.22 bits per heavy atom. The van der Waals surface area contributed by atoms with Gasteiger partial charge in [-0.1, -0.05) is 0 Å². The lowest BCUT2D eigenvalue weighted by Gasteiger charge is -2.11. The van der Waals surface area contributed by atoms with Crippen LogP contribution in [0.3, 0.4) is 0 Å². The van der Waals surface area contributed by atoms with Gasteiger partial charge in [-0.2, -0.15) is 5.10 Å². The first-order valence-electron chi connectivity index (χ1n) is 8.37. The Balaban J connectivity index is 1.91. The van der Waals surface area contributed by atoms with Gasteiger partial charge in [0.2, 0.25) is 10.0 Å². The molecule has 2 aromatic heterocycles. The van der Waals surface area contributed by atoms with Gasteiger partial charge in [-0.05, 0) is 45.3 Å². The van der Waals surface area contributed by atoms with Crippen LogP contribution in [-0.2, 0) is 17.1 Å². The first kappa shape index (κ1) is 19.2. The second kappa shape index (κ2) is 7.22. The third kappa shape index (κ3) is 3.92. The molecule has 0 unspecified atom stereocenters. The Morgan fingerprint density at radius 2 is 1.89 bits per heavy atom. The molecule has 0 saturated carbocycles. The van der Waals surface area contributed by atoms with Crippen molar-refractivity contribution in [2.75, 3.05) is 27.2 Å². The first-order valence-corrected chi connectivity index (χ1v) is 9.86. The summed E-state index contributed by atoms with van der Waals surface area (Å²) in [7, 11) is 1.85. The van der Waals surface area contributed by atoms with E-state index in [1.54, 1.807) is 26.1 Å². The molecule has 10 heteroatoms. The van der Waals surface area contributed by atoms with Crippen molar-refractivity contribution in [2.45, 2.75) is 11.8 Å². The predicted octanol–water partition coefficient (Wildman–Crippen LogP) is 0.472. The monoisotopic (exact) mass is 390 g/mol. The van der Waals surface area contributed by atoms with Crippen LogP contribution in [0.25, 0.3) is 22.4 Å². The highest BCUT2D eigenvalue weighted by Crippen LogP contribution is 2.20. The molecule has 0 bridgehead atoms. The molecule has 0 aliphatic carbocycles. The molecule has 0 aliphatic rings. The fourth-order valence-corrected chi connectivity index (χ4v) is 3.78. The number of H-pyrrole nitrogens is 1. The van der Waals surface area contributed by atoms with Gasteiger partial charge in [-0.15, -0.1) is 0 Å². The minimum Gasteiger partial charge on any atom is -0.308 e. The Bertz CT molecular complexity index is 1130. The van der Waals surface area contributed by atoms with Gasteiger partial charge < -0.3 is 9.88 Å². The molecule has 0 radical (unpaired) electrons. The number of benzene rings is 1. The van der Waals surface area contributed by atoms with Crippen LogP contribution < -0.4 is 10.3 Å². The second-order valence-corrected chi connectivity index (χ2v) is 8.31. The van der Waals surface area contributed by atoms with Gasteiger partial charge >= 0.3 is 0 Å². The van der Waals surface area contributed by atoms with Crippen molar-refractivity contribution in [1.82, 2.24) is 29.4 Å². The Kier molecular flexibility index (Phi) is 5.13. The number of aryl methyl sites for hydroxylation is 2. The summed E-state index contributed by atoms with van der Waals surface area (Å²) in [5.74, 6) is 0.369. The van der Waals surface area contributed by atoms with E-state index in [1.165, 1.54) is 16.8 Å². The molecule has 0 aliphatic heterocycles. The Hall–Kier alpha value is -2.56. The van der Waals surface area contributed by atoms with Crippen LogP contribution in [0.4, 0.5) is 0 Å². The molecule has 0 amide bonds. The maximum absolute atomic E-state index is 12.3. The van der Waals surface area contributed by atoms with Gasteiger partial charge in [-0.25, -0.2) is 18.1 Å². The SMILES string of the molecule is Cc1nn(C)c2c(=O)[nH]c(-c3ccc(S(=O)(=O)NCCN(C)C)cc3)nc12. The highest BCUT2D eigenvalue weighted by molar-refractivity contribution is 7.89. The van der Waals surface area contributed by atoms with E-state index in [0.29, 0.717) is 41.2 Å². The van der Waals surface area contributed by atoms with Crippen molar-refractivity contribution in [3.8, 4) is 11.4 Å². The summed E-state index contributed by atoms with van der Waals surface area (Å²) >= 11 is 0. The van der Waals surface area contributed by atoms with Crippen molar-refractivity contribution in [1.29, 1.82) is 0 Å². The Labute approximate surface area is 157 Å². The molecule has 0 atom stereocenters. The van der Waals surface area contributed by atoms with Crippen LogP contribution in [0.1, 0.15) is 5.69 Å². The highest BCUT2D eigenvalue weighted by atomic mass is 32.2. The summed E-state index contributed by atoms with van der Waals surface area (Å²) in [6.07, 6.45) is 0. The minimum absolute atomic E-state index is 0.158. The van der Waals surface area contributed by atoms with Crippen molar-refractivity contribution >= 4 is 21.1 Å². The number of likely N-dealkylation sites (N-methyl/N-ethyl adjacent to an activating group) is 1. The number of hydrogen-bond donors (Lipinski definition) is 2. The molecule has 0 fully saturated rings. The smallest absolute Gasteiger partial charge is 0.277 e. The molecule has 0 saturated heterocycles. The molecule has 27 heavy (non-hydrogen) atoms. The zero-order valence-corrected chi connectivity index (χ0v) is 16.5. The summed E-state index contributed by atoms with van der Waals surface area (Å²) in [5.41, 5.74) is 1.91. The molecule has 2 N–H and O–H groups in total. The molecule has 9 nitrogen and oxygen atoms in total. The van der Waals surface area contributed by atoms with Gasteiger partial charge in [0.05, 0.1) is 10.6 Å². The Morgan fingerprint density at radius 3 is 2.52 bits per heavy atom. The van der Waals surface area contributed by atoms with E-state index in [2.05, 4.69) is 19.8 Å². The zero-order chi connectivity index (χ0) is 19.8. The molecular weight excluding hydrogens is 368 g/mol. The molecular formula is C17H22N6O3S. The van der Waals surface area contributed by atoms with Crippen LogP contribution in [-0.4, -0.2) is 60.3 Å². The fourth-order valence-electron chi connectivity index (χ4n) is 2.76. The topological polar surface area (TPSA) is 113 Å². The predicted molar refractivity (Wildman–Crippen MR) is 103 cm³/mol. The normalized spacial score (nSPS) is 12.2. The van der Waals surface area contributed by atoms with Gasteiger partial charge in [0, 0.05) is 25.7 Å². The standard InChI is InChI=1S/C17H22N6O3S/c1-11-14-15(23(4)21-11)17(24)20-16(19-14)12-5-7-13(8-6-12)27(25,26)18-9-10-22(2)3/h5-8,18H,9-10H2,1-4H3,(H,19,20,24). The number of fused-ring (bicyclic) bond motifs is 1. The van der Waals surface area contributed by atoms with Crippen LogP contribution in [0.15, 0.2) is 34.0 Å². The summed E-state index contributed by atoms with van der Waals surface area (Å²) in [6.45, 7) is 2.71. The summed E-state index contributed by atoms with van der Waals surface area (Å²) in [6, 6.07) is 6.23. The van der Waals surface area contributed by atoms with Crippen molar-refractivity contribution in [3.05, 3.63) is 40.3 Å². The third-order valence-electron chi connectivity index (χ3n) is 4.15. The second-order valence-electron chi connectivity index (χ2n) is 6.55. The maximum atomic E-state index is 12.3. The van der Waals surface area contributed by atoms with Gasteiger partial charge in [0.25, 0.3) is 5.56 Å². The van der Waals surface area contributed by atoms with E-state index < -0.39 is 10.0 Å². The quantitative estimate of drug-likeness (QED) is 0.633. The van der Waals surface area contributed by atoms with Crippen LogP contribution in [0, 0.1) is 6.92 Å². The lowest BCUT2D eigenvalue weighted by atomic mass is 10.2. The summed E-state index contributed by atoms with van der Waals surface area (Å²) in [5, 5.41) is 4.22. The fraction of sp³-hybridized carbons (Fsp3) is 0.353. The van der Waals surface area contributed by atoms with Crippen molar-refractivity contribution in [2.24, 2.45) is 7.05 Å². The summed E-state index contributed by atoms with van der Waals surface area (Å²) in [4.78, 5) is 21.6. The number of aromatic nitrogens is 4. The van der Waals surface area contributed by atoms with Crippen LogP contribution in [0.2, 0.25) is 0 Å². The van der Waals surface area contributed by atoms with Crippen molar-refractivity contribution < 1.29 is 8.42 Å². The average Bonchev–Trinajstić information content (AvgIpc) is 2.89. The van der Waals surface area contributed by atoms with E-state index >= 15 is 0 Å². The summed E-state index contributed by atoms with van der Waals surface area (Å²) < 4.78 is 28.7. The molecule has 1 aromatic carbocycles. The lowest BCUT2D eigenvalue weighted by Crippen LogP contribution is -2.31. The number of aromatic amines is 1. The average molecular weight is 390 g/mol. The number of sulfonamides is 1. The minimum atomic E-state index is -3.58. The number of nitrogens with one attached hydrogen (secondary N) is 2. The number of rotatable bonds is 6. The maximum Gasteiger partial charge on any atom is 0.277 e. The third-order valence-corrected chi connectivity index (χ3v) is 5.63. The zero-order valence-electron chi connectivity index (χ0n) is 15.6. The number of hydrogen-bond acceptors (Lipinski definition) is 6. The molecule has 144 valence electrons. The van der Waals surface area contributed by atoms with E-state index in [4.69, 9.17) is 0 Å². The molecule has 2 heterocycles. The molecule has 3 rings (SSSR count). The van der Waals surface area contributed by atoms with Crippen molar-refractivity contribution in [3.63, 3.8) is 0 Å². The van der Waals surface area contributed by atoms with Gasteiger partial charge in [0.15, 0.2) is 5.52 Å². The van der Waals surface area contributed by atoms with Gasteiger partial charge in [-0.3, -0.25) is 9.48 Å². The van der Waals surface area contributed by atoms with E-state index in [0.717, 1.165) is 0 Å². The van der Waals surface area contributed by atoms with Crippen LogP contribution >= 0.6 is 0 Å². The highest BCUT2D eigenvalue weighted by Gasteiger charge is 2.16. The van der Waals surface area contributed by atoms with Crippen LogP contribution in [0.5, 0.6) is 0 Å². The lowest BCUT2D eigenvalue weighted by molar-refractivity contribution is 0.412. The molecule has 3 aromatic rings. The van der Waals surface area contributed by atoms with Gasteiger partial charge in [0.1, 0.15) is 11.3 Å². The number of nitrogens with zero attached hydrogens (tertiary/aromatic N) is 4.